The minimum Gasteiger partial charge on any atom is -0.390 e. The van der Waals surface area contributed by atoms with E-state index in [1.807, 2.05) is 4.52 Å². The third-order valence-electron chi connectivity index (χ3n) is 3.07. The van der Waals surface area contributed by atoms with Crippen molar-refractivity contribution in [2.45, 2.75) is 25.7 Å². The van der Waals surface area contributed by atoms with Gasteiger partial charge in [-0.15, -0.1) is 21.5 Å². The molecule has 0 radical (unpaired) electrons. The number of aryl methyl sites for hydroxylation is 1. The number of nitrogens with two attached hydrogens (primary N) is 1. The maximum atomic E-state index is 6.01. The molecule has 1 fully saturated rings. The Morgan fingerprint density at radius 3 is 2.83 bits per heavy atom. The van der Waals surface area contributed by atoms with Crippen molar-refractivity contribution in [2.24, 2.45) is 0 Å². The SMILES string of the molecule is Cc1cc(-c2nn3c(C4CC4)nnc3s2)c(N)s1. The van der Waals surface area contributed by atoms with Gasteiger partial charge in [-0.05, 0) is 25.8 Å². The zero-order valence-corrected chi connectivity index (χ0v) is 11.4. The van der Waals surface area contributed by atoms with E-state index in [0.29, 0.717) is 5.92 Å². The van der Waals surface area contributed by atoms with Gasteiger partial charge in [0.25, 0.3) is 0 Å². The van der Waals surface area contributed by atoms with Crippen molar-refractivity contribution < 1.29 is 0 Å². The summed E-state index contributed by atoms with van der Waals surface area (Å²) in [6, 6.07) is 2.09. The Kier molecular flexibility index (Phi) is 2.04. The second-order valence-corrected chi connectivity index (χ2v) is 6.81. The molecular formula is C11H11N5S2. The lowest BCUT2D eigenvalue weighted by molar-refractivity contribution is 0.828. The van der Waals surface area contributed by atoms with Crippen LogP contribution < -0.4 is 5.73 Å². The normalized spacial score (nSPS) is 15.6. The molecule has 0 amide bonds. The Morgan fingerprint density at radius 2 is 2.17 bits per heavy atom. The molecule has 92 valence electrons. The summed E-state index contributed by atoms with van der Waals surface area (Å²) in [5.41, 5.74) is 7.04. The van der Waals surface area contributed by atoms with Gasteiger partial charge >= 0.3 is 0 Å². The molecule has 3 heterocycles. The van der Waals surface area contributed by atoms with Crippen LogP contribution in [0, 0.1) is 6.92 Å². The van der Waals surface area contributed by atoms with Gasteiger partial charge in [-0.2, -0.15) is 9.61 Å². The van der Waals surface area contributed by atoms with Crippen LogP contribution in [0.2, 0.25) is 0 Å². The van der Waals surface area contributed by atoms with Crippen molar-refractivity contribution >= 4 is 32.6 Å². The maximum absolute atomic E-state index is 6.01. The minimum absolute atomic E-state index is 0.552. The van der Waals surface area contributed by atoms with E-state index in [9.17, 15) is 0 Å². The van der Waals surface area contributed by atoms with E-state index in [1.165, 1.54) is 17.7 Å². The van der Waals surface area contributed by atoms with E-state index in [1.54, 1.807) is 22.7 Å². The van der Waals surface area contributed by atoms with Gasteiger partial charge in [-0.1, -0.05) is 11.3 Å². The van der Waals surface area contributed by atoms with Crippen LogP contribution in [0.4, 0.5) is 5.00 Å². The molecule has 1 aliphatic rings. The fraction of sp³-hybridized carbons (Fsp3) is 0.364. The first kappa shape index (κ1) is 10.5. The standard InChI is InChI=1S/C11H11N5S2/c1-5-4-7(8(12)17-5)10-15-16-9(6-2-3-6)13-14-11(16)18-10/h4,6H,2-3,12H2,1H3. The van der Waals surface area contributed by atoms with E-state index in [4.69, 9.17) is 5.73 Å². The van der Waals surface area contributed by atoms with Crippen LogP contribution in [0.25, 0.3) is 15.5 Å². The largest absolute Gasteiger partial charge is 0.390 e. The summed E-state index contributed by atoms with van der Waals surface area (Å²) in [5, 5.41) is 14.8. The Hall–Kier alpha value is -1.47. The van der Waals surface area contributed by atoms with E-state index < -0.39 is 0 Å². The molecule has 0 aromatic carbocycles. The van der Waals surface area contributed by atoms with Crippen molar-refractivity contribution in [3.05, 3.63) is 16.8 Å². The first-order valence-electron chi connectivity index (χ1n) is 5.81. The molecule has 3 aromatic rings. The molecule has 0 spiro atoms. The number of anilines is 1. The summed E-state index contributed by atoms with van der Waals surface area (Å²) in [5.74, 6) is 1.55. The van der Waals surface area contributed by atoms with Gasteiger partial charge in [0.05, 0.1) is 5.00 Å². The highest BCUT2D eigenvalue weighted by Crippen LogP contribution is 2.41. The zero-order chi connectivity index (χ0) is 12.3. The number of aromatic nitrogens is 4. The van der Waals surface area contributed by atoms with Gasteiger partial charge in [0, 0.05) is 16.4 Å². The number of fused-ring (bicyclic) bond motifs is 1. The molecule has 0 saturated heterocycles. The zero-order valence-electron chi connectivity index (χ0n) is 9.75. The van der Waals surface area contributed by atoms with E-state index in [0.717, 1.165) is 26.4 Å². The molecule has 18 heavy (non-hydrogen) atoms. The summed E-state index contributed by atoms with van der Waals surface area (Å²) >= 11 is 3.15. The molecule has 7 heteroatoms. The minimum atomic E-state index is 0.552. The van der Waals surface area contributed by atoms with E-state index >= 15 is 0 Å². The van der Waals surface area contributed by atoms with Crippen LogP contribution >= 0.6 is 22.7 Å². The maximum Gasteiger partial charge on any atom is 0.234 e. The van der Waals surface area contributed by atoms with Crippen LogP contribution in [0.3, 0.4) is 0 Å². The third kappa shape index (κ3) is 1.47. The number of rotatable bonds is 2. The van der Waals surface area contributed by atoms with Gasteiger partial charge in [-0.25, -0.2) is 0 Å². The first-order valence-corrected chi connectivity index (χ1v) is 7.44. The lowest BCUT2D eigenvalue weighted by atomic mass is 10.3. The van der Waals surface area contributed by atoms with E-state index in [2.05, 4.69) is 28.3 Å². The highest BCUT2D eigenvalue weighted by Gasteiger charge is 2.30. The predicted molar refractivity (Wildman–Crippen MR) is 73.1 cm³/mol. The Balaban J connectivity index is 1.88. The Labute approximate surface area is 111 Å². The highest BCUT2D eigenvalue weighted by molar-refractivity contribution is 7.21. The second-order valence-electron chi connectivity index (χ2n) is 4.57. The van der Waals surface area contributed by atoms with Crippen molar-refractivity contribution in [3.8, 4) is 10.6 Å². The summed E-state index contributed by atoms with van der Waals surface area (Å²) < 4.78 is 1.88. The molecule has 0 aliphatic heterocycles. The third-order valence-corrected chi connectivity index (χ3v) is 4.88. The molecule has 0 unspecified atom stereocenters. The summed E-state index contributed by atoms with van der Waals surface area (Å²) in [4.78, 5) is 2.06. The molecular weight excluding hydrogens is 266 g/mol. The van der Waals surface area contributed by atoms with Crippen LogP contribution in [0.1, 0.15) is 29.5 Å². The van der Waals surface area contributed by atoms with Gasteiger partial charge < -0.3 is 5.73 Å². The first-order chi connectivity index (χ1) is 8.72. The number of hydrogen-bond donors (Lipinski definition) is 1. The topological polar surface area (TPSA) is 69.1 Å². The highest BCUT2D eigenvalue weighted by atomic mass is 32.1. The van der Waals surface area contributed by atoms with Gasteiger partial charge in [0.15, 0.2) is 10.8 Å². The quantitative estimate of drug-likeness (QED) is 0.782. The van der Waals surface area contributed by atoms with Gasteiger partial charge in [-0.3, -0.25) is 0 Å². The van der Waals surface area contributed by atoms with Crippen LogP contribution in [-0.4, -0.2) is 19.8 Å². The monoisotopic (exact) mass is 277 g/mol. The fourth-order valence-corrected chi connectivity index (χ4v) is 3.77. The van der Waals surface area contributed by atoms with Gasteiger partial charge in [0.1, 0.15) is 0 Å². The van der Waals surface area contributed by atoms with Crippen molar-refractivity contribution in [2.75, 3.05) is 5.73 Å². The average molecular weight is 277 g/mol. The molecule has 5 nitrogen and oxygen atoms in total. The van der Waals surface area contributed by atoms with Crippen LogP contribution in [0.15, 0.2) is 6.07 Å². The van der Waals surface area contributed by atoms with Crippen molar-refractivity contribution in [1.29, 1.82) is 0 Å². The number of thiophene rings is 1. The van der Waals surface area contributed by atoms with E-state index in [-0.39, 0.29) is 0 Å². The molecule has 4 rings (SSSR count). The molecule has 0 bridgehead atoms. The van der Waals surface area contributed by atoms with Gasteiger partial charge in [0.2, 0.25) is 4.96 Å². The lowest BCUT2D eigenvalue weighted by Crippen LogP contribution is -1.93. The number of nitrogens with zero attached hydrogens (tertiary/aromatic N) is 4. The Bertz CT molecular complexity index is 734. The van der Waals surface area contributed by atoms with Crippen LogP contribution in [-0.2, 0) is 0 Å². The smallest absolute Gasteiger partial charge is 0.234 e. The van der Waals surface area contributed by atoms with Crippen molar-refractivity contribution in [1.82, 2.24) is 19.8 Å². The summed E-state index contributed by atoms with van der Waals surface area (Å²) in [6.45, 7) is 2.06. The summed E-state index contributed by atoms with van der Waals surface area (Å²) in [7, 11) is 0. The Morgan fingerprint density at radius 1 is 1.33 bits per heavy atom. The molecule has 1 saturated carbocycles. The molecule has 2 N–H and O–H groups in total. The fourth-order valence-electron chi connectivity index (χ4n) is 2.04. The molecule has 3 aromatic heterocycles. The number of nitrogen functional groups attached to an aromatic ring is 1. The summed E-state index contributed by atoms with van der Waals surface area (Å²) in [6.07, 6.45) is 2.40. The van der Waals surface area contributed by atoms with Crippen molar-refractivity contribution in [3.63, 3.8) is 0 Å². The average Bonchev–Trinajstić information content (AvgIpc) is 2.81. The molecule has 0 atom stereocenters. The predicted octanol–water partition coefficient (Wildman–Crippen LogP) is 2.68. The number of hydrogen-bond acceptors (Lipinski definition) is 6. The van der Waals surface area contributed by atoms with Crippen LogP contribution in [0.5, 0.6) is 0 Å². The second kappa shape index (κ2) is 3.52. The lowest BCUT2D eigenvalue weighted by Gasteiger charge is -1.92. The molecule has 1 aliphatic carbocycles.